The van der Waals surface area contributed by atoms with E-state index in [2.05, 4.69) is 13.8 Å². The zero-order valence-corrected chi connectivity index (χ0v) is 19.1. The fourth-order valence-corrected chi connectivity index (χ4v) is 4.39. The van der Waals surface area contributed by atoms with Gasteiger partial charge in [-0.1, -0.05) is 32.0 Å². The van der Waals surface area contributed by atoms with E-state index in [1.807, 2.05) is 39.0 Å². The monoisotopic (exact) mass is 414 g/mol. The van der Waals surface area contributed by atoms with E-state index >= 15 is 0 Å². The molecule has 0 bridgehead atoms. The summed E-state index contributed by atoms with van der Waals surface area (Å²) in [6.45, 7) is 9.59. The predicted octanol–water partition coefficient (Wildman–Crippen LogP) is 5.00. The SMILES string of the molecule is CCc1cccc(CC)c1C1=C(OC(=O)C(C)(C)C)C2(CCC(OC)CC2)OC1=O. The molecule has 1 saturated carbocycles. The van der Waals surface area contributed by atoms with Crippen molar-refractivity contribution in [3.05, 3.63) is 40.6 Å². The molecule has 0 radical (unpaired) electrons. The quantitative estimate of drug-likeness (QED) is 0.635. The third kappa shape index (κ3) is 4.04. The molecule has 164 valence electrons. The summed E-state index contributed by atoms with van der Waals surface area (Å²) in [6, 6.07) is 6.08. The van der Waals surface area contributed by atoms with Crippen LogP contribution in [0.3, 0.4) is 0 Å². The van der Waals surface area contributed by atoms with Crippen LogP contribution in [0.4, 0.5) is 0 Å². The van der Waals surface area contributed by atoms with Gasteiger partial charge < -0.3 is 14.2 Å². The van der Waals surface area contributed by atoms with Gasteiger partial charge >= 0.3 is 11.9 Å². The smallest absolute Gasteiger partial charge is 0.343 e. The number of hydrogen-bond donors (Lipinski definition) is 0. The first-order valence-electron chi connectivity index (χ1n) is 11.0. The van der Waals surface area contributed by atoms with Crippen LogP contribution < -0.4 is 0 Å². The lowest BCUT2D eigenvalue weighted by molar-refractivity contribution is -0.161. The first-order chi connectivity index (χ1) is 14.2. The van der Waals surface area contributed by atoms with E-state index in [-0.39, 0.29) is 12.1 Å². The predicted molar refractivity (Wildman–Crippen MR) is 116 cm³/mol. The van der Waals surface area contributed by atoms with Gasteiger partial charge in [0.05, 0.1) is 11.5 Å². The number of aryl methyl sites for hydroxylation is 2. The fraction of sp³-hybridized carbons (Fsp3) is 0.600. The summed E-state index contributed by atoms with van der Waals surface area (Å²) in [5, 5.41) is 0. The zero-order chi connectivity index (χ0) is 22.1. The van der Waals surface area contributed by atoms with Crippen LogP contribution in [-0.4, -0.2) is 30.8 Å². The van der Waals surface area contributed by atoms with Crippen LogP contribution in [0, 0.1) is 5.41 Å². The summed E-state index contributed by atoms with van der Waals surface area (Å²) < 4.78 is 17.6. The molecule has 1 aliphatic heterocycles. The number of methoxy groups -OCH3 is 1. The van der Waals surface area contributed by atoms with Gasteiger partial charge in [0.15, 0.2) is 11.4 Å². The van der Waals surface area contributed by atoms with Crippen molar-refractivity contribution < 1.29 is 23.8 Å². The Kier molecular flexibility index (Phi) is 6.42. The molecule has 5 heteroatoms. The highest BCUT2D eigenvalue weighted by Crippen LogP contribution is 2.49. The number of rotatable bonds is 5. The Hall–Kier alpha value is -2.14. The van der Waals surface area contributed by atoms with E-state index in [4.69, 9.17) is 14.2 Å². The van der Waals surface area contributed by atoms with E-state index in [1.54, 1.807) is 7.11 Å². The molecule has 30 heavy (non-hydrogen) atoms. The second kappa shape index (κ2) is 8.54. The molecule has 0 atom stereocenters. The Labute approximate surface area is 179 Å². The lowest BCUT2D eigenvalue weighted by Gasteiger charge is -2.37. The molecule has 1 aromatic rings. The number of benzene rings is 1. The van der Waals surface area contributed by atoms with Crippen molar-refractivity contribution in [1.82, 2.24) is 0 Å². The Morgan fingerprint density at radius 2 is 1.70 bits per heavy atom. The normalized spacial score (nSPS) is 24.3. The Balaban J connectivity index is 2.19. The minimum atomic E-state index is -0.895. The third-order valence-corrected chi connectivity index (χ3v) is 6.26. The van der Waals surface area contributed by atoms with Gasteiger partial charge in [-0.05, 0) is 76.0 Å². The summed E-state index contributed by atoms with van der Waals surface area (Å²) in [4.78, 5) is 26.2. The second-order valence-electron chi connectivity index (χ2n) is 9.32. The first kappa shape index (κ1) is 22.5. The molecule has 1 heterocycles. The average Bonchev–Trinajstić information content (AvgIpc) is 2.97. The minimum Gasteiger partial charge on any atom is -0.447 e. The van der Waals surface area contributed by atoms with Crippen molar-refractivity contribution in [3.63, 3.8) is 0 Å². The van der Waals surface area contributed by atoms with Crippen LogP contribution in [0.15, 0.2) is 24.0 Å². The molecule has 1 aliphatic carbocycles. The summed E-state index contributed by atoms with van der Waals surface area (Å²) in [6.07, 6.45) is 4.37. The van der Waals surface area contributed by atoms with Gasteiger partial charge in [0.1, 0.15) is 5.57 Å². The van der Waals surface area contributed by atoms with Gasteiger partial charge in [-0.3, -0.25) is 4.79 Å². The maximum absolute atomic E-state index is 13.3. The average molecular weight is 415 g/mol. The number of esters is 2. The molecule has 3 rings (SSSR count). The summed E-state index contributed by atoms with van der Waals surface area (Å²) >= 11 is 0. The molecule has 0 saturated heterocycles. The second-order valence-corrected chi connectivity index (χ2v) is 9.32. The van der Waals surface area contributed by atoms with Crippen LogP contribution >= 0.6 is 0 Å². The van der Waals surface area contributed by atoms with Crippen molar-refractivity contribution in [2.24, 2.45) is 5.41 Å². The largest absolute Gasteiger partial charge is 0.447 e. The molecule has 2 aliphatic rings. The lowest BCUT2D eigenvalue weighted by atomic mass is 9.80. The van der Waals surface area contributed by atoms with Gasteiger partial charge in [0.25, 0.3) is 0 Å². The molecule has 1 spiro atoms. The maximum Gasteiger partial charge on any atom is 0.343 e. The third-order valence-electron chi connectivity index (χ3n) is 6.26. The van der Waals surface area contributed by atoms with E-state index in [0.717, 1.165) is 42.4 Å². The molecule has 0 unspecified atom stereocenters. The minimum absolute atomic E-state index is 0.132. The molecule has 0 aromatic heterocycles. The molecular formula is C25H34O5. The van der Waals surface area contributed by atoms with Crippen molar-refractivity contribution in [2.75, 3.05) is 7.11 Å². The summed E-state index contributed by atoms with van der Waals surface area (Å²) in [5.41, 5.74) is 1.84. The number of carbonyl (C=O) groups is 2. The summed E-state index contributed by atoms with van der Waals surface area (Å²) in [7, 11) is 1.70. The molecule has 0 N–H and O–H groups in total. The number of carbonyl (C=O) groups excluding carboxylic acids is 2. The van der Waals surface area contributed by atoms with Crippen molar-refractivity contribution in [3.8, 4) is 0 Å². The molecular weight excluding hydrogens is 380 g/mol. The van der Waals surface area contributed by atoms with Gasteiger partial charge in [0, 0.05) is 7.11 Å². The Bertz CT molecular complexity index is 829. The van der Waals surface area contributed by atoms with Crippen LogP contribution in [0.25, 0.3) is 5.57 Å². The highest BCUT2D eigenvalue weighted by molar-refractivity contribution is 6.21. The van der Waals surface area contributed by atoms with Crippen LogP contribution in [0.2, 0.25) is 0 Å². The van der Waals surface area contributed by atoms with Crippen LogP contribution in [-0.2, 0) is 36.6 Å². The number of hydrogen-bond acceptors (Lipinski definition) is 5. The Morgan fingerprint density at radius 3 is 2.17 bits per heavy atom. The molecule has 5 nitrogen and oxygen atoms in total. The van der Waals surface area contributed by atoms with E-state index in [0.29, 0.717) is 24.2 Å². The van der Waals surface area contributed by atoms with E-state index < -0.39 is 17.0 Å². The standard InChI is InChI=1S/C25H34O5/c1-7-16-10-9-11-17(8-2)19(16)20-21(29-23(27)24(3,4)5)25(30-22(20)26)14-12-18(28-6)13-15-25/h9-11,18H,7-8,12-15H2,1-6H3. The molecule has 0 amide bonds. The van der Waals surface area contributed by atoms with Gasteiger partial charge in [-0.15, -0.1) is 0 Å². The van der Waals surface area contributed by atoms with Crippen LogP contribution in [0.5, 0.6) is 0 Å². The number of ether oxygens (including phenoxy) is 3. The molecule has 1 aromatic carbocycles. The fourth-order valence-electron chi connectivity index (χ4n) is 4.39. The first-order valence-corrected chi connectivity index (χ1v) is 11.0. The van der Waals surface area contributed by atoms with E-state index in [1.165, 1.54) is 0 Å². The highest BCUT2D eigenvalue weighted by Gasteiger charge is 2.53. The van der Waals surface area contributed by atoms with Crippen molar-refractivity contribution in [2.45, 2.75) is 84.8 Å². The zero-order valence-electron chi connectivity index (χ0n) is 19.1. The van der Waals surface area contributed by atoms with Gasteiger partial charge in [0.2, 0.25) is 0 Å². The van der Waals surface area contributed by atoms with Crippen molar-refractivity contribution in [1.29, 1.82) is 0 Å². The van der Waals surface area contributed by atoms with Gasteiger partial charge in [-0.25, -0.2) is 4.79 Å². The molecule has 1 fully saturated rings. The summed E-state index contributed by atoms with van der Waals surface area (Å²) in [5.74, 6) is -0.343. The topological polar surface area (TPSA) is 61.8 Å². The van der Waals surface area contributed by atoms with E-state index in [9.17, 15) is 9.59 Å². The van der Waals surface area contributed by atoms with Crippen molar-refractivity contribution >= 4 is 17.5 Å². The van der Waals surface area contributed by atoms with Crippen LogP contribution in [0.1, 0.15) is 77.0 Å². The Morgan fingerprint density at radius 1 is 1.13 bits per heavy atom. The van der Waals surface area contributed by atoms with Gasteiger partial charge in [-0.2, -0.15) is 0 Å². The lowest BCUT2D eigenvalue weighted by Crippen LogP contribution is -2.40. The highest BCUT2D eigenvalue weighted by atomic mass is 16.6. The maximum atomic E-state index is 13.3.